The van der Waals surface area contributed by atoms with E-state index in [1.165, 1.54) is 4.31 Å². The minimum absolute atomic E-state index is 0.0751. The van der Waals surface area contributed by atoms with Crippen LogP contribution in [-0.4, -0.2) is 46.9 Å². The number of nitrogens with one attached hydrogen (secondary N) is 1. The smallest absolute Gasteiger partial charge is 0.251 e. The summed E-state index contributed by atoms with van der Waals surface area (Å²) in [6, 6.07) is 5.13. The number of anilines is 1. The van der Waals surface area contributed by atoms with Crippen LogP contribution in [0.25, 0.3) is 0 Å². The van der Waals surface area contributed by atoms with Gasteiger partial charge >= 0.3 is 0 Å². The predicted octanol–water partition coefficient (Wildman–Crippen LogP) is 0.775. The second kappa shape index (κ2) is 6.44. The molecule has 1 N–H and O–H groups in total. The molecule has 0 bridgehead atoms. The normalized spacial score (nSPS) is 14.1. The third kappa shape index (κ3) is 3.36. The average Bonchev–Trinajstić information content (AvgIpc) is 2.91. The van der Waals surface area contributed by atoms with E-state index in [1.807, 2.05) is 0 Å². The Bertz CT molecular complexity index is 628. The molecule has 6 nitrogen and oxygen atoms in total. The zero-order valence-electron chi connectivity index (χ0n) is 12.3. The zero-order valence-corrected chi connectivity index (χ0v) is 13.1. The molecule has 1 aliphatic rings. The molecule has 0 aliphatic carbocycles. The molecule has 0 radical (unpaired) electrons. The molecule has 7 heteroatoms. The SMILES string of the molecule is CCS(=O)(=O)N1CCc2cc(C(=O)NCCOC)ccc21. The number of rotatable bonds is 6. The van der Waals surface area contributed by atoms with E-state index in [1.54, 1.807) is 32.2 Å². The molecule has 0 atom stereocenters. The molecule has 0 aromatic heterocycles. The highest BCUT2D eigenvalue weighted by Crippen LogP contribution is 2.31. The van der Waals surface area contributed by atoms with Gasteiger partial charge in [-0.25, -0.2) is 8.42 Å². The number of amides is 1. The van der Waals surface area contributed by atoms with E-state index in [0.717, 1.165) is 5.56 Å². The van der Waals surface area contributed by atoms with E-state index in [-0.39, 0.29) is 11.7 Å². The van der Waals surface area contributed by atoms with Crippen molar-refractivity contribution in [2.75, 3.05) is 36.9 Å². The summed E-state index contributed by atoms with van der Waals surface area (Å²) in [6.45, 7) is 2.98. The van der Waals surface area contributed by atoms with Crippen LogP contribution < -0.4 is 9.62 Å². The summed E-state index contributed by atoms with van der Waals surface area (Å²) >= 11 is 0. The molecule has 0 fully saturated rings. The minimum atomic E-state index is -3.25. The van der Waals surface area contributed by atoms with Crippen LogP contribution in [-0.2, 0) is 21.2 Å². The van der Waals surface area contributed by atoms with Crippen LogP contribution >= 0.6 is 0 Å². The summed E-state index contributed by atoms with van der Waals surface area (Å²) in [5.41, 5.74) is 2.12. The average molecular weight is 312 g/mol. The Labute approximate surface area is 125 Å². The molecule has 0 unspecified atom stereocenters. The number of benzene rings is 1. The van der Waals surface area contributed by atoms with Crippen molar-refractivity contribution in [3.8, 4) is 0 Å². The van der Waals surface area contributed by atoms with Gasteiger partial charge in [-0.15, -0.1) is 0 Å². The van der Waals surface area contributed by atoms with Crippen LogP contribution in [0.4, 0.5) is 5.69 Å². The number of carbonyl (C=O) groups excluding carboxylic acids is 1. The monoisotopic (exact) mass is 312 g/mol. The van der Waals surface area contributed by atoms with Gasteiger partial charge in [0.25, 0.3) is 5.91 Å². The summed E-state index contributed by atoms with van der Waals surface area (Å²) in [5, 5.41) is 2.75. The minimum Gasteiger partial charge on any atom is -0.383 e. The summed E-state index contributed by atoms with van der Waals surface area (Å²) in [5.74, 6) is -0.0993. The quantitative estimate of drug-likeness (QED) is 0.788. The fourth-order valence-electron chi connectivity index (χ4n) is 2.33. The van der Waals surface area contributed by atoms with E-state index < -0.39 is 10.0 Å². The lowest BCUT2D eigenvalue weighted by Crippen LogP contribution is -2.30. The molecule has 2 rings (SSSR count). The van der Waals surface area contributed by atoms with E-state index in [2.05, 4.69) is 5.32 Å². The largest absolute Gasteiger partial charge is 0.383 e. The van der Waals surface area contributed by atoms with E-state index in [4.69, 9.17) is 4.74 Å². The molecule has 1 heterocycles. The lowest BCUT2D eigenvalue weighted by molar-refractivity contribution is 0.0937. The Balaban J connectivity index is 2.17. The molecule has 1 aromatic carbocycles. The van der Waals surface area contributed by atoms with Crippen LogP contribution in [0.3, 0.4) is 0 Å². The highest BCUT2D eigenvalue weighted by atomic mass is 32.2. The first-order valence-corrected chi connectivity index (χ1v) is 8.51. The van der Waals surface area contributed by atoms with Crippen LogP contribution in [0.2, 0.25) is 0 Å². The maximum atomic E-state index is 12.0. The number of hydrogen-bond acceptors (Lipinski definition) is 4. The summed E-state index contributed by atoms with van der Waals surface area (Å²) < 4.78 is 30.3. The van der Waals surface area contributed by atoms with Gasteiger partial charge in [0.05, 0.1) is 18.0 Å². The molecule has 1 aromatic rings. The Morgan fingerprint density at radius 3 is 2.86 bits per heavy atom. The molecule has 0 saturated carbocycles. The van der Waals surface area contributed by atoms with E-state index in [0.29, 0.717) is 37.4 Å². The first-order valence-electron chi connectivity index (χ1n) is 6.90. The molecule has 1 amide bonds. The predicted molar refractivity (Wildman–Crippen MR) is 81.2 cm³/mol. The van der Waals surface area contributed by atoms with Gasteiger partial charge in [-0.3, -0.25) is 9.10 Å². The zero-order chi connectivity index (χ0) is 15.5. The topological polar surface area (TPSA) is 75.7 Å². The van der Waals surface area contributed by atoms with Crippen molar-refractivity contribution in [2.24, 2.45) is 0 Å². The molecular weight excluding hydrogens is 292 g/mol. The Kier molecular flexibility index (Phi) is 4.84. The molecule has 116 valence electrons. The molecular formula is C14H20N2O4S. The maximum absolute atomic E-state index is 12.0. The number of carbonyl (C=O) groups is 1. The highest BCUT2D eigenvalue weighted by molar-refractivity contribution is 7.92. The van der Waals surface area contributed by atoms with Gasteiger partial charge in [0.15, 0.2) is 0 Å². The number of fused-ring (bicyclic) bond motifs is 1. The molecule has 0 saturated heterocycles. The number of hydrogen-bond donors (Lipinski definition) is 1. The lowest BCUT2D eigenvalue weighted by atomic mass is 10.1. The fraction of sp³-hybridized carbons (Fsp3) is 0.500. The van der Waals surface area contributed by atoms with Gasteiger partial charge in [0, 0.05) is 25.8 Å². The number of ether oxygens (including phenoxy) is 1. The van der Waals surface area contributed by atoms with E-state index >= 15 is 0 Å². The van der Waals surface area contributed by atoms with Crippen molar-refractivity contribution in [3.63, 3.8) is 0 Å². The Morgan fingerprint density at radius 1 is 1.43 bits per heavy atom. The second-order valence-corrected chi connectivity index (χ2v) is 7.00. The molecule has 0 spiro atoms. The van der Waals surface area contributed by atoms with Crippen molar-refractivity contribution in [3.05, 3.63) is 29.3 Å². The fourth-order valence-corrected chi connectivity index (χ4v) is 3.49. The van der Waals surface area contributed by atoms with Crippen LogP contribution in [0, 0.1) is 0 Å². The van der Waals surface area contributed by atoms with Crippen molar-refractivity contribution in [2.45, 2.75) is 13.3 Å². The van der Waals surface area contributed by atoms with Crippen molar-refractivity contribution in [1.29, 1.82) is 0 Å². The van der Waals surface area contributed by atoms with Gasteiger partial charge in [0.2, 0.25) is 10.0 Å². The van der Waals surface area contributed by atoms with Gasteiger partial charge < -0.3 is 10.1 Å². The Morgan fingerprint density at radius 2 is 2.19 bits per heavy atom. The Hall–Kier alpha value is -1.60. The first-order chi connectivity index (χ1) is 9.99. The van der Waals surface area contributed by atoms with Gasteiger partial charge in [-0.05, 0) is 37.1 Å². The van der Waals surface area contributed by atoms with Crippen LogP contribution in [0.1, 0.15) is 22.8 Å². The number of nitrogens with zero attached hydrogens (tertiary/aromatic N) is 1. The van der Waals surface area contributed by atoms with Crippen molar-refractivity contribution in [1.82, 2.24) is 5.32 Å². The molecule has 21 heavy (non-hydrogen) atoms. The summed E-state index contributed by atoms with van der Waals surface area (Å²) in [4.78, 5) is 12.0. The standard InChI is InChI=1S/C14H20N2O4S/c1-3-21(18,19)16-8-6-11-10-12(4-5-13(11)16)14(17)15-7-9-20-2/h4-5,10H,3,6-9H2,1-2H3,(H,15,17). The number of sulfonamides is 1. The van der Waals surface area contributed by atoms with Crippen LogP contribution in [0.15, 0.2) is 18.2 Å². The first kappa shape index (κ1) is 15.8. The summed E-state index contributed by atoms with van der Waals surface area (Å²) in [7, 11) is -1.67. The third-order valence-corrected chi connectivity index (χ3v) is 5.27. The number of methoxy groups -OCH3 is 1. The highest BCUT2D eigenvalue weighted by Gasteiger charge is 2.28. The van der Waals surface area contributed by atoms with Crippen molar-refractivity contribution < 1.29 is 17.9 Å². The lowest BCUT2D eigenvalue weighted by Gasteiger charge is -2.18. The maximum Gasteiger partial charge on any atom is 0.251 e. The van der Waals surface area contributed by atoms with Gasteiger partial charge in [-0.2, -0.15) is 0 Å². The van der Waals surface area contributed by atoms with Crippen LogP contribution in [0.5, 0.6) is 0 Å². The molecule has 1 aliphatic heterocycles. The third-order valence-electron chi connectivity index (χ3n) is 3.49. The van der Waals surface area contributed by atoms with E-state index in [9.17, 15) is 13.2 Å². The van der Waals surface area contributed by atoms with Gasteiger partial charge in [-0.1, -0.05) is 0 Å². The van der Waals surface area contributed by atoms with Crippen molar-refractivity contribution >= 4 is 21.6 Å². The summed E-state index contributed by atoms with van der Waals surface area (Å²) in [6.07, 6.45) is 0.633. The van der Waals surface area contributed by atoms with Gasteiger partial charge in [0.1, 0.15) is 0 Å². The second-order valence-electron chi connectivity index (χ2n) is 4.81.